The highest BCUT2D eigenvalue weighted by molar-refractivity contribution is 5.83. The molecular weight excluding hydrogens is 248 g/mol. The molecule has 0 radical (unpaired) electrons. The molecule has 6 nitrogen and oxygen atoms in total. The first-order chi connectivity index (χ1) is 8.79. The molecule has 0 aromatic carbocycles. The van der Waals surface area contributed by atoms with Crippen LogP contribution in [0.4, 0.5) is 4.79 Å². The number of hydrogen-bond donors (Lipinski definition) is 3. The van der Waals surface area contributed by atoms with E-state index in [0.29, 0.717) is 19.8 Å². The van der Waals surface area contributed by atoms with E-state index >= 15 is 0 Å². The molecule has 112 valence electrons. The predicted molar refractivity (Wildman–Crippen MR) is 73.1 cm³/mol. The minimum absolute atomic E-state index is 0.367. The van der Waals surface area contributed by atoms with Crippen LogP contribution < -0.4 is 10.6 Å². The first kappa shape index (κ1) is 17.7. The zero-order valence-corrected chi connectivity index (χ0v) is 12.3. The number of hydrogen-bond acceptors (Lipinski definition) is 3. The molecule has 2 amide bonds. The number of rotatable bonds is 8. The lowest BCUT2D eigenvalue weighted by Gasteiger charge is -2.27. The standard InChI is InChI=1S/C13H26N2O4/c1-5-6-8-19-9-7-14-12(18)15-10(11(16)17)13(2,3)4/h10H,5-9H2,1-4H3,(H,16,17)(H2,14,15,18). The molecule has 0 aromatic heterocycles. The maximum Gasteiger partial charge on any atom is 0.326 e. The van der Waals surface area contributed by atoms with Gasteiger partial charge in [0.2, 0.25) is 0 Å². The average molecular weight is 274 g/mol. The van der Waals surface area contributed by atoms with Gasteiger partial charge in [0, 0.05) is 13.2 Å². The number of nitrogens with one attached hydrogen (secondary N) is 2. The summed E-state index contributed by atoms with van der Waals surface area (Å²) in [6, 6.07) is -1.41. The van der Waals surface area contributed by atoms with E-state index in [1.165, 1.54) is 0 Å². The Hall–Kier alpha value is -1.30. The van der Waals surface area contributed by atoms with Gasteiger partial charge < -0.3 is 20.5 Å². The van der Waals surface area contributed by atoms with Crippen molar-refractivity contribution >= 4 is 12.0 Å². The van der Waals surface area contributed by atoms with E-state index in [2.05, 4.69) is 17.6 Å². The van der Waals surface area contributed by atoms with Crippen LogP contribution in [-0.4, -0.2) is 42.9 Å². The second-order valence-electron chi connectivity index (χ2n) is 5.50. The van der Waals surface area contributed by atoms with Gasteiger partial charge in [-0.2, -0.15) is 0 Å². The molecule has 0 aromatic rings. The third-order valence-electron chi connectivity index (χ3n) is 2.56. The van der Waals surface area contributed by atoms with Gasteiger partial charge in [-0.05, 0) is 11.8 Å². The number of urea groups is 1. The van der Waals surface area contributed by atoms with Crippen molar-refractivity contribution in [1.82, 2.24) is 10.6 Å². The van der Waals surface area contributed by atoms with E-state index in [1.807, 2.05) is 0 Å². The van der Waals surface area contributed by atoms with Crippen LogP contribution in [0.25, 0.3) is 0 Å². The molecule has 1 unspecified atom stereocenters. The van der Waals surface area contributed by atoms with Gasteiger partial charge in [0.05, 0.1) is 6.61 Å². The molecule has 19 heavy (non-hydrogen) atoms. The van der Waals surface area contributed by atoms with Crippen molar-refractivity contribution < 1.29 is 19.4 Å². The minimum Gasteiger partial charge on any atom is -0.480 e. The van der Waals surface area contributed by atoms with Crippen LogP contribution in [0.3, 0.4) is 0 Å². The number of amides is 2. The number of ether oxygens (including phenoxy) is 1. The van der Waals surface area contributed by atoms with Crippen molar-refractivity contribution in [3.63, 3.8) is 0 Å². The number of carboxylic acid groups (broad SMARTS) is 1. The Morgan fingerprint density at radius 3 is 2.37 bits per heavy atom. The van der Waals surface area contributed by atoms with Gasteiger partial charge in [0.1, 0.15) is 6.04 Å². The number of unbranched alkanes of at least 4 members (excludes halogenated alkanes) is 1. The molecule has 0 bridgehead atoms. The molecule has 1 atom stereocenters. The molecule has 6 heteroatoms. The first-order valence-electron chi connectivity index (χ1n) is 6.64. The summed E-state index contributed by atoms with van der Waals surface area (Å²) >= 11 is 0. The molecule has 0 heterocycles. The van der Waals surface area contributed by atoms with Crippen molar-refractivity contribution in [3.05, 3.63) is 0 Å². The summed E-state index contributed by atoms with van der Waals surface area (Å²) in [5, 5.41) is 14.1. The Morgan fingerprint density at radius 1 is 1.26 bits per heavy atom. The smallest absolute Gasteiger partial charge is 0.326 e. The second-order valence-corrected chi connectivity index (χ2v) is 5.50. The highest BCUT2D eigenvalue weighted by Gasteiger charge is 2.32. The SMILES string of the molecule is CCCCOCCNC(=O)NC(C(=O)O)C(C)(C)C. The van der Waals surface area contributed by atoms with Gasteiger partial charge in [-0.3, -0.25) is 0 Å². The van der Waals surface area contributed by atoms with Crippen LogP contribution >= 0.6 is 0 Å². The first-order valence-corrected chi connectivity index (χ1v) is 6.64. The van der Waals surface area contributed by atoms with Gasteiger partial charge >= 0.3 is 12.0 Å². The summed E-state index contributed by atoms with van der Waals surface area (Å²) in [5.41, 5.74) is -0.541. The van der Waals surface area contributed by atoms with E-state index in [9.17, 15) is 9.59 Å². The molecule has 0 saturated carbocycles. The molecular formula is C13H26N2O4. The molecule has 0 aliphatic rings. The van der Waals surface area contributed by atoms with Crippen LogP contribution in [0, 0.1) is 5.41 Å². The van der Waals surface area contributed by atoms with Gasteiger partial charge in [0.25, 0.3) is 0 Å². The van der Waals surface area contributed by atoms with Crippen LogP contribution in [0.2, 0.25) is 0 Å². The molecule has 0 aliphatic heterocycles. The van der Waals surface area contributed by atoms with Crippen molar-refractivity contribution in [2.24, 2.45) is 5.41 Å². The lowest BCUT2D eigenvalue weighted by atomic mass is 9.87. The third-order valence-corrected chi connectivity index (χ3v) is 2.56. The summed E-state index contributed by atoms with van der Waals surface area (Å²) in [5.74, 6) is -1.04. The van der Waals surface area contributed by atoms with Crippen molar-refractivity contribution in [1.29, 1.82) is 0 Å². The number of carbonyl (C=O) groups is 2. The highest BCUT2D eigenvalue weighted by atomic mass is 16.5. The van der Waals surface area contributed by atoms with Crippen LogP contribution in [0.1, 0.15) is 40.5 Å². The van der Waals surface area contributed by atoms with Gasteiger partial charge in [-0.15, -0.1) is 0 Å². The summed E-state index contributed by atoms with van der Waals surface area (Å²) < 4.78 is 5.29. The number of carbonyl (C=O) groups excluding carboxylic acids is 1. The lowest BCUT2D eigenvalue weighted by molar-refractivity contribution is -0.141. The average Bonchev–Trinajstić information content (AvgIpc) is 2.28. The molecule has 0 saturated heterocycles. The Balaban J connectivity index is 3.92. The summed E-state index contributed by atoms with van der Waals surface area (Å²) in [7, 11) is 0. The molecule has 0 spiro atoms. The van der Waals surface area contributed by atoms with E-state index < -0.39 is 23.5 Å². The topological polar surface area (TPSA) is 87.7 Å². The Labute approximate surface area is 114 Å². The van der Waals surface area contributed by atoms with Crippen molar-refractivity contribution in [2.45, 2.75) is 46.6 Å². The van der Waals surface area contributed by atoms with Crippen LogP contribution in [0.15, 0.2) is 0 Å². The Kier molecular flexibility index (Phi) is 8.14. The maximum absolute atomic E-state index is 11.6. The normalized spacial score (nSPS) is 12.8. The van der Waals surface area contributed by atoms with Gasteiger partial charge in [0.15, 0.2) is 0 Å². The zero-order chi connectivity index (χ0) is 14.9. The lowest BCUT2D eigenvalue weighted by Crippen LogP contribution is -2.52. The van der Waals surface area contributed by atoms with Crippen LogP contribution in [0.5, 0.6) is 0 Å². The third kappa shape index (κ3) is 8.42. The Morgan fingerprint density at radius 2 is 1.89 bits per heavy atom. The molecule has 0 aliphatic carbocycles. The van der Waals surface area contributed by atoms with E-state index in [-0.39, 0.29) is 0 Å². The number of aliphatic carboxylic acids is 1. The Bertz CT molecular complexity index is 287. The predicted octanol–water partition coefficient (Wildman–Crippen LogP) is 1.60. The van der Waals surface area contributed by atoms with E-state index in [0.717, 1.165) is 12.8 Å². The summed E-state index contributed by atoms with van der Waals surface area (Å²) in [4.78, 5) is 22.6. The fourth-order valence-electron chi connectivity index (χ4n) is 1.42. The van der Waals surface area contributed by atoms with Gasteiger partial charge in [-0.25, -0.2) is 9.59 Å². The largest absolute Gasteiger partial charge is 0.480 e. The molecule has 0 fully saturated rings. The monoisotopic (exact) mass is 274 g/mol. The van der Waals surface area contributed by atoms with Gasteiger partial charge in [-0.1, -0.05) is 34.1 Å². The minimum atomic E-state index is -1.04. The highest BCUT2D eigenvalue weighted by Crippen LogP contribution is 2.19. The van der Waals surface area contributed by atoms with E-state index in [4.69, 9.17) is 9.84 Å². The fraction of sp³-hybridized carbons (Fsp3) is 0.846. The van der Waals surface area contributed by atoms with Crippen molar-refractivity contribution in [3.8, 4) is 0 Å². The summed E-state index contributed by atoms with van der Waals surface area (Å²) in [6.07, 6.45) is 2.07. The fourth-order valence-corrected chi connectivity index (χ4v) is 1.42. The van der Waals surface area contributed by atoms with Crippen LogP contribution in [-0.2, 0) is 9.53 Å². The summed E-state index contributed by atoms with van der Waals surface area (Å²) in [6.45, 7) is 8.85. The van der Waals surface area contributed by atoms with Crippen molar-refractivity contribution in [2.75, 3.05) is 19.8 Å². The molecule has 0 rings (SSSR count). The van der Waals surface area contributed by atoms with E-state index in [1.54, 1.807) is 20.8 Å². The zero-order valence-electron chi connectivity index (χ0n) is 12.3. The number of carboxylic acids is 1. The maximum atomic E-state index is 11.6. The second kappa shape index (κ2) is 8.74. The molecule has 3 N–H and O–H groups in total. The quantitative estimate of drug-likeness (QED) is 0.587.